The summed E-state index contributed by atoms with van der Waals surface area (Å²) in [5.41, 5.74) is 2.37. The van der Waals surface area contributed by atoms with E-state index in [2.05, 4.69) is 54.0 Å². The molecule has 0 saturated heterocycles. The van der Waals surface area contributed by atoms with Gasteiger partial charge in [0.25, 0.3) is 0 Å². The largest absolute Gasteiger partial charge is 0.308 e. The summed E-state index contributed by atoms with van der Waals surface area (Å²) in [4.78, 5) is 0. The summed E-state index contributed by atoms with van der Waals surface area (Å²) in [6.07, 6.45) is 2.18. The van der Waals surface area contributed by atoms with Crippen molar-refractivity contribution in [2.45, 2.75) is 53.1 Å². The number of aromatic nitrogens is 2. The molecule has 0 saturated carbocycles. The van der Waals surface area contributed by atoms with E-state index in [4.69, 9.17) is 0 Å². The molecule has 0 spiro atoms. The zero-order valence-electron chi connectivity index (χ0n) is 11.5. The molecule has 1 heterocycles. The highest BCUT2D eigenvalue weighted by molar-refractivity contribution is 9.10. The first-order valence-electron chi connectivity index (χ1n) is 6.44. The van der Waals surface area contributed by atoms with E-state index in [1.807, 2.05) is 11.7 Å². The second kappa shape index (κ2) is 6.55. The van der Waals surface area contributed by atoms with Crippen molar-refractivity contribution in [2.24, 2.45) is 13.0 Å². The van der Waals surface area contributed by atoms with Crippen LogP contribution >= 0.6 is 15.9 Å². The third-order valence-electron chi connectivity index (χ3n) is 3.59. The SMILES string of the molecule is CCc1nn(C)c(CNC(C)C(C)CC)c1Br. The normalized spacial score (nSPS) is 14.9. The van der Waals surface area contributed by atoms with Crippen LogP contribution in [0.1, 0.15) is 45.5 Å². The Morgan fingerprint density at radius 1 is 1.35 bits per heavy atom. The van der Waals surface area contributed by atoms with Crippen LogP contribution in [0.5, 0.6) is 0 Å². The van der Waals surface area contributed by atoms with Gasteiger partial charge in [0.15, 0.2) is 0 Å². The maximum atomic E-state index is 4.50. The molecular formula is C13H24BrN3. The highest BCUT2D eigenvalue weighted by Crippen LogP contribution is 2.21. The first-order chi connectivity index (χ1) is 8.01. The van der Waals surface area contributed by atoms with Crippen molar-refractivity contribution in [1.82, 2.24) is 15.1 Å². The highest BCUT2D eigenvalue weighted by atomic mass is 79.9. The Balaban J connectivity index is 2.66. The molecule has 0 aromatic carbocycles. The molecule has 0 radical (unpaired) electrons. The first kappa shape index (κ1) is 14.7. The number of rotatable bonds is 6. The molecule has 1 aromatic heterocycles. The molecule has 0 fully saturated rings. The topological polar surface area (TPSA) is 29.9 Å². The Kier molecular flexibility index (Phi) is 5.67. The zero-order chi connectivity index (χ0) is 13.0. The number of nitrogens with zero attached hydrogens (tertiary/aromatic N) is 2. The number of hydrogen-bond donors (Lipinski definition) is 1. The van der Waals surface area contributed by atoms with Crippen molar-refractivity contribution >= 4 is 15.9 Å². The maximum absolute atomic E-state index is 4.50. The van der Waals surface area contributed by atoms with Gasteiger partial charge in [0.1, 0.15) is 0 Å². The summed E-state index contributed by atoms with van der Waals surface area (Å²) in [5, 5.41) is 8.08. The van der Waals surface area contributed by atoms with Gasteiger partial charge < -0.3 is 5.32 Å². The molecule has 0 amide bonds. The van der Waals surface area contributed by atoms with E-state index in [-0.39, 0.29) is 0 Å². The van der Waals surface area contributed by atoms with Gasteiger partial charge in [0, 0.05) is 19.6 Å². The first-order valence-corrected chi connectivity index (χ1v) is 7.24. The molecule has 0 aliphatic rings. The zero-order valence-corrected chi connectivity index (χ0v) is 13.1. The second-order valence-corrected chi connectivity index (χ2v) is 5.53. The van der Waals surface area contributed by atoms with Gasteiger partial charge in [-0.25, -0.2) is 0 Å². The van der Waals surface area contributed by atoms with Gasteiger partial charge in [-0.15, -0.1) is 0 Å². The Morgan fingerprint density at radius 3 is 2.47 bits per heavy atom. The minimum absolute atomic E-state index is 0.534. The van der Waals surface area contributed by atoms with Gasteiger partial charge in [0.05, 0.1) is 15.9 Å². The van der Waals surface area contributed by atoms with Gasteiger partial charge in [-0.1, -0.05) is 27.2 Å². The predicted molar refractivity (Wildman–Crippen MR) is 76.0 cm³/mol. The Hall–Kier alpha value is -0.350. The fraction of sp³-hybridized carbons (Fsp3) is 0.769. The molecule has 1 N–H and O–H groups in total. The van der Waals surface area contributed by atoms with Crippen LogP contribution in [0, 0.1) is 5.92 Å². The van der Waals surface area contributed by atoms with Gasteiger partial charge >= 0.3 is 0 Å². The lowest BCUT2D eigenvalue weighted by molar-refractivity contribution is 0.384. The fourth-order valence-electron chi connectivity index (χ4n) is 1.82. The van der Waals surface area contributed by atoms with Crippen LogP contribution in [0.15, 0.2) is 4.47 Å². The molecule has 2 unspecified atom stereocenters. The standard InChI is InChI=1S/C13H24BrN3/c1-6-9(3)10(4)15-8-12-13(14)11(7-2)16-17(12)5/h9-10,15H,6-8H2,1-5H3. The lowest BCUT2D eigenvalue weighted by atomic mass is 10.0. The molecule has 3 nitrogen and oxygen atoms in total. The summed E-state index contributed by atoms with van der Waals surface area (Å²) >= 11 is 3.64. The summed E-state index contributed by atoms with van der Waals surface area (Å²) in [6.45, 7) is 9.77. The monoisotopic (exact) mass is 301 g/mol. The third-order valence-corrected chi connectivity index (χ3v) is 4.51. The van der Waals surface area contributed by atoms with Crippen molar-refractivity contribution in [1.29, 1.82) is 0 Å². The van der Waals surface area contributed by atoms with E-state index >= 15 is 0 Å². The molecule has 0 aliphatic heterocycles. The van der Waals surface area contributed by atoms with Crippen LogP contribution in [-0.2, 0) is 20.0 Å². The van der Waals surface area contributed by atoms with E-state index < -0.39 is 0 Å². The molecule has 17 heavy (non-hydrogen) atoms. The van der Waals surface area contributed by atoms with Gasteiger partial charge in [0.2, 0.25) is 0 Å². The highest BCUT2D eigenvalue weighted by Gasteiger charge is 2.14. The van der Waals surface area contributed by atoms with Crippen molar-refractivity contribution in [3.8, 4) is 0 Å². The Labute approximate surface area is 113 Å². The fourth-order valence-corrected chi connectivity index (χ4v) is 2.58. The molecule has 2 atom stereocenters. The number of aryl methyl sites for hydroxylation is 2. The number of halogens is 1. The van der Waals surface area contributed by atoms with Crippen LogP contribution in [0.25, 0.3) is 0 Å². The summed E-state index contributed by atoms with van der Waals surface area (Å²) in [5.74, 6) is 0.702. The quantitative estimate of drug-likeness (QED) is 0.874. The summed E-state index contributed by atoms with van der Waals surface area (Å²) in [6, 6.07) is 0.534. The maximum Gasteiger partial charge on any atom is 0.0767 e. The average molecular weight is 302 g/mol. The van der Waals surface area contributed by atoms with Crippen molar-refractivity contribution in [3.05, 3.63) is 15.9 Å². The summed E-state index contributed by atoms with van der Waals surface area (Å²) < 4.78 is 3.13. The van der Waals surface area contributed by atoms with Crippen LogP contribution in [0.4, 0.5) is 0 Å². The van der Waals surface area contributed by atoms with E-state index in [0.29, 0.717) is 12.0 Å². The molecule has 1 rings (SSSR count). The molecule has 4 heteroatoms. The Morgan fingerprint density at radius 2 is 2.00 bits per heavy atom. The smallest absolute Gasteiger partial charge is 0.0767 e. The third kappa shape index (κ3) is 3.55. The Bertz CT molecular complexity index is 360. The van der Waals surface area contributed by atoms with E-state index in [0.717, 1.165) is 23.1 Å². The molecule has 0 aliphatic carbocycles. The van der Waals surface area contributed by atoms with Crippen LogP contribution in [-0.4, -0.2) is 15.8 Å². The molecule has 0 bridgehead atoms. The van der Waals surface area contributed by atoms with Crippen molar-refractivity contribution < 1.29 is 0 Å². The minimum Gasteiger partial charge on any atom is -0.308 e. The van der Waals surface area contributed by atoms with Crippen molar-refractivity contribution in [2.75, 3.05) is 0 Å². The number of hydrogen-bond acceptors (Lipinski definition) is 2. The molecule has 98 valence electrons. The van der Waals surface area contributed by atoms with Crippen LogP contribution in [0.3, 0.4) is 0 Å². The van der Waals surface area contributed by atoms with Gasteiger partial charge in [-0.05, 0) is 35.2 Å². The van der Waals surface area contributed by atoms with Crippen LogP contribution < -0.4 is 5.32 Å². The van der Waals surface area contributed by atoms with E-state index in [9.17, 15) is 0 Å². The predicted octanol–water partition coefficient (Wildman–Crippen LogP) is 3.27. The molecular weight excluding hydrogens is 278 g/mol. The van der Waals surface area contributed by atoms with E-state index in [1.165, 1.54) is 12.1 Å². The molecule has 1 aromatic rings. The van der Waals surface area contributed by atoms with E-state index in [1.54, 1.807) is 0 Å². The average Bonchev–Trinajstić information content (AvgIpc) is 2.60. The summed E-state index contributed by atoms with van der Waals surface area (Å²) in [7, 11) is 2.01. The van der Waals surface area contributed by atoms with Crippen LogP contribution in [0.2, 0.25) is 0 Å². The van der Waals surface area contributed by atoms with Crippen molar-refractivity contribution in [3.63, 3.8) is 0 Å². The van der Waals surface area contributed by atoms with Gasteiger partial charge in [-0.2, -0.15) is 5.10 Å². The van der Waals surface area contributed by atoms with Gasteiger partial charge in [-0.3, -0.25) is 4.68 Å². The lowest BCUT2D eigenvalue weighted by Gasteiger charge is -2.20. The lowest BCUT2D eigenvalue weighted by Crippen LogP contribution is -2.32. The minimum atomic E-state index is 0.534. The second-order valence-electron chi connectivity index (χ2n) is 4.74. The number of nitrogens with one attached hydrogen (secondary N) is 1.